The molecule has 0 saturated carbocycles. The van der Waals surface area contributed by atoms with Gasteiger partial charge in [-0.1, -0.05) is 13.8 Å². The normalized spacial score (nSPS) is 14.6. The second kappa shape index (κ2) is 11.1. The molecule has 0 aliphatic carbocycles. The molecule has 5 rings (SSSR count). The van der Waals surface area contributed by atoms with Gasteiger partial charge in [0, 0.05) is 70.4 Å². The molecule has 11 heteroatoms. The summed E-state index contributed by atoms with van der Waals surface area (Å²) in [6, 6.07) is 10.2. The first-order chi connectivity index (χ1) is 18.9. The Labute approximate surface area is 227 Å². The molecular formula is C28H33N9O2. The number of amides is 2. The number of aromatic nitrogens is 5. The van der Waals surface area contributed by atoms with Crippen molar-refractivity contribution in [1.82, 2.24) is 34.4 Å². The Balaban J connectivity index is 1.31. The molecule has 0 bridgehead atoms. The van der Waals surface area contributed by atoms with Crippen LogP contribution in [0.3, 0.4) is 0 Å². The molecule has 0 aromatic carbocycles. The van der Waals surface area contributed by atoms with Crippen molar-refractivity contribution in [1.29, 1.82) is 5.26 Å². The van der Waals surface area contributed by atoms with Crippen LogP contribution in [0.25, 0.3) is 28.0 Å². The Bertz CT molecular complexity index is 1490. The third kappa shape index (κ3) is 5.42. The largest absolute Gasteiger partial charge is 0.379 e. The lowest BCUT2D eigenvalue weighted by Gasteiger charge is -2.35. The molecule has 1 fully saturated rings. The number of ether oxygens (including phenoxy) is 1. The van der Waals surface area contributed by atoms with Gasteiger partial charge < -0.3 is 19.9 Å². The molecule has 1 unspecified atom stereocenters. The Morgan fingerprint density at radius 1 is 1.08 bits per heavy atom. The molecule has 0 spiro atoms. The second-order valence-electron chi connectivity index (χ2n) is 10.1. The van der Waals surface area contributed by atoms with Crippen molar-refractivity contribution < 1.29 is 9.53 Å². The molecule has 39 heavy (non-hydrogen) atoms. The van der Waals surface area contributed by atoms with Gasteiger partial charge in [-0.2, -0.15) is 10.4 Å². The van der Waals surface area contributed by atoms with E-state index in [-0.39, 0.29) is 12.1 Å². The van der Waals surface area contributed by atoms with Crippen LogP contribution in [0.15, 0.2) is 49.1 Å². The topological polar surface area (TPSA) is 117 Å². The minimum absolute atomic E-state index is 0.00389. The highest BCUT2D eigenvalue weighted by Crippen LogP contribution is 2.30. The molecule has 1 aliphatic rings. The summed E-state index contributed by atoms with van der Waals surface area (Å²) in [6.45, 7) is 7.27. The second-order valence-corrected chi connectivity index (χ2v) is 10.1. The van der Waals surface area contributed by atoms with Gasteiger partial charge in [0.1, 0.15) is 23.2 Å². The van der Waals surface area contributed by atoms with Crippen LogP contribution in [0.5, 0.6) is 0 Å². The summed E-state index contributed by atoms with van der Waals surface area (Å²) < 4.78 is 9.06. The Morgan fingerprint density at radius 2 is 1.87 bits per heavy atom. The van der Waals surface area contributed by atoms with E-state index in [4.69, 9.17) is 9.72 Å². The highest BCUT2D eigenvalue weighted by Gasteiger charge is 2.23. The van der Waals surface area contributed by atoms with Crippen LogP contribution in [0, 0.1) is 17.2 Å². The molecule has 4 aromatic rings. The monoisotopic (exact) mass is 527 g/mol. The number of carbonyl (C=O) groups excluding carboxylic acids is 1. The Morgan fingerprint density at radius 3 is 2.49 bits per heavy atom. The van der Waals surface area contributed by atoms with Crippen LogP contribution < -0.4 is 10.2 Å². The third-order valence-corrected chi connectivity index (χ3v) is 7.19. The van der Waals surface area contributed by atoms with Gasteiger partial charge in [-0.3, -0.25) is 9.08 Å². The number of carbonyl (C=O) groups is 1. The number of nitrogens with zero attached hydrogens (tertiary/aromatic N) is 8. The zero-order valence-corrected chi connectivity index (χ0v) is 22.7. The molecule has 5 heterocycles. The van der Waals surface area contributed by atoms with Crippen molar-refractivity contribution in [2.24, 2.45) is 13.0 Å². The summed E-state index contributed by atoms with van der Waals surface area (Å²) in [7, 11) is 3.55. The SMILES string of the molecule is COC(CNC(=O)N1CCN(c2ccc(-c3cc(-c4cnn(C)c4)cc4ncc(C#N)n34)cn2)CC1)C(C)C. The van der Waals surface area contributed by atoms with E-state index in [9.17, 15) is 10.1 Å². The first-order valence-corrected chi connectivity index (χ1v) is 13.1. The number of aryl methyl sites for hydroxylation is 1. The van der Waals surface area contributed by atoms with E-state index in [1.165, 1.54) is 0 Å². The van der Waals surface area contributed by atoms with Crippen LogP contribution in [-0.4, -0.2) is 81.0 Å². The number of piperazine rings is 1. The number of nitrogens with one attached hydrogen (secondary N) is 1. The number of anilines is 1. The first kappa shape index (κ1) is 26.2. The maximum atomic E-state index is 12.6. The van der Waals surface area contributed by atoms with Crippen molar-refractivity contribution in [2.45, 2.75) is 20.0 Å². The maximum Gasteiger partial charge on any atom is 0.317 e. The van der Waals surface area contributed by atoms with Crippen molar-refractivity contribution >= 4 is 17.5 Å². The minimum atomic E-state index is -0.0631. The van der Waals surface area contributed by atoms with E-state index in [1.807, 2.05) is 59.2 Å². The molecule has 202 valence electrons. The fourth-order valence-corrected chi connectivity index (χ4v) is 4.90. The maximum absolute atomic E-state index is 12.6. The van der Waals surface area contributed by atoms with Gasteiger partial charge in [0.05, 0.1) is 24.2 Å². The summed E-state index contributed by atoms with van der Waals surface area (Å²) in [5, 5.41) is 17.0. The molecular weight excluding hydrogens is 494 g/mol. The van der Waals surface area contributed by atoms with Crippen LogP contribution in [-0.2, 0) is 11.8 Å². The van der Waals surface area contributed by atoms with Gasteiger partial charge in [-0.05, 0) is 35.7 Å². The Hall–Kier alpha value is -4.43. The number of methoxy groups -OCH3 is 1. The quantitative estimate of drug-likeness (QED) is 0.392. The average molecular weight is 528 g/mol. The molecule has 1 N–H and O–H groups in total. The van der Waals surface area contributed by atoms with E-state index in [0.29, 0.717) is 50.0 Å². The average Bonchev–Trinajstić information content (AvgIpc) is 3.58. The molecule has 1 aliphatic heterocycles. The fourth-order valence-electron chi connectivity index (χ4n) is 4.90. The van der Waals surface area contributed by atoms with Crippen LogP contribution in [0.1, 0.15) is 19.5 Å². The summed E-state index contributed by atoms with van der Waals surface area (Å²) in [5.41, 5.74) is 4.78. The molecule has 1 atom stereocenters. The first-order valence-electron chi connectivity index (χ1n) is 13.1. The number of fused-ring (bicyclic) bond motifs is 1. The standard InChI is InChI=1S/C28H33N9O2/c1-19(2)25(39-4)17-32-28(38)36-9-7-35(8-10-36)26-6-5-20(14-30-26)24-11-21(22-15-33-34(3)18-22)12-27-31-16-23(13-29)37(24)27/h5-6,11-12,14-16,18-19,25H,7-10,17H2,1-4H3,(H,32,38). The number of rotatable bonds is 7. The zero-order chi connectivity index (χ0) is 27.5. The van der Waals surface area contributed by atoms with Crippen molar-refractivity contribution in [3.05, 3.63) is 54.7 Å². The molecule has 0 radical (unpaired) electrons. The van der Waals surface area contributed by atoms with Crippen LogP contribution in [0.2, 0.25) is 0 Å². The van der Waals surface area contributed by atoms with Crippen LogP contribution in [0.4, 0.5) is 10.6 Å². The van der Waals surface area contributed by atoms with Gasteiger partial charge in [0.25, 0.3) is 0 Å². The smallest absolute Gasteiger partial charge is 0.317 e. The molecule has 1 saturated heterocycles. The van der Waals surface area contributed by atoms with E-state index in [1.54, 1.807) is 18.0 Å². The van der Waals surface area contributed by atoms with Crippen molar-refractivity contribution in [2.75, 3.05) is 44.7 Å². The predicted octanol–water partition coefficient (Wildman–Crippen LogP) is 3.17. The highest BCUT2D eigenvalue weighted by atomic mass is 16.5. The molecule has 11 nitrogen and oxygen atoms in total. The van der Waals surface area contributed by atoms with Crippen molar-refractivity contribution in [3.63, 3.8) is 0 Å². The van der Waals surface area contributed by atoms with E-state index in [0.717, 1.165) is 28.2 Å². The number of hydrogen-bond donors (Lipinski definition) is 1. The van der Waals surface area contributed by atoms with Gasteiger partial charge in [-0.25, -0.2) is 14.8 Å². The van der Waals surface area contributed by atoms with Gasteiger partial charge in [0.2, 0.25) is 0 Å². The lowest BCUT2D eigenvalue weighted by atomic mass is 10.1. The molecule has 2 amide bonds. The summed E-state index contributed by atoms with van der Waals surface area (Å²) >= 11 is 0. The summed E-state index contributed by atoms with van der Waals surface area (Å²) in [5.74, 6) is 1.18. The number of urea groups is 1. The number of pyridine rings is 2. The van der Waals surface area contributed by atoms with Gasteiger partial charge in [0.15, 0.2) is 0 Å². The highest BCUT2D eigenvalue weighted by molar-refractivity contribution is 5.76. The third-order valence-electron chi connectivity index (χ3n) is 7.19. The summed E-state index contributed by atoms with van der Waals surface area (Å²) in [6.07, 6.45) is 7.17. The van der Waals surface area contributed by atoms with Gasteiger partial charge in [-0.15, -0.1) is 0 Å². The molecule has 4 aromatic heterocycles. The number of hydrogen-bond acceptors (Lipinski definition) is 7. The number of nitriles is 1. The van der Waals surface area contributed by atoms with Gasteiger partial charge >= 0.3 is 6.03 Å². The van der Waals surface area contributed by atoms with E-state index in [2.05, 4.69) is 40.2 Å². The lowest BCUT2D eigenvalue weighted by Crippen LogP contribution is -2.53. The predicted molar refractivity (Wildman–Crippen MR) is 148 cm³/mol. The lowest BCUT2D eigenvalue weighted by molar-refractivity contribution is 0.0651. The summed E-state index contributed by atoms with van der Waals surface area (Å²) in [4.78, 5) is 25.9. The fraction of sp³-hybridized carbons (Fsp3) is 0.393. The number of imidazole rings is 1. The zero-order valence-electron chi connectivity index (χ0n) is 22.7. The van der Waals surface area contributed by atoms with E-state index < -0.39 is 0 Å². The van der Waals surface area contributed by atoms with Crippen molar-refractivity contribution in [3.8, 4) is 28.5 Å². The van der Waals surface area contributed by atoms with Crippen LogP contribution >= 0.6 is 0 Å². The minimum Gasteiger partial charge on any atom is -0.379 e. The Kier molecular flexibility index (Phi) is 7.47. The van der Waals surface area contributed by atoms with E-state index >= 15 is 0 Å².